The van der Waals surface area contributed by atoms with Crippen LogP contribution < -0.4 is 4.74 Å². The molecule has 0 radical (unpaired) electrons. The first-order valence-electron chi connectivity index (χ1n) is 7.84. The molecule has 2 aromatic carbocycles. The van der Waals surface area contributed by atoms with Gasteiger partial charge in [0, 0.05) is 6.04 Å². The van der Waals surface area contributed by atoms with Crippen LogP contribution in [0.15, 0.2) is 48.5 Å². The molecule has 122 valence electrons. The maximum Gasteiger partial charge on any atom is 0.422 e. The Bertz CT molecular complexity index is 790. The van der Waals surface area contributed by atoms with Crippen LogP contribution in [0.1, 0.15) is 16.7 Å². The average Bonchev–Trinajstić information content (AvgIpc) is 2.94. The SMILES string of the molecule is COc1cccc(C)c1C#CN1C(=O)OC[C@H]1Cc1ccccc1. The third-order valence-corrected chi connectivity index (χ3v) is 4.03. The fourth-order valence-electron chi connectivity index (χ4n) is 2.72. The molecule has 1 aliphatic rings. The van der Waals surface area contributed by atoms with Crippen molar-refractivity contribution in [1.29, 1.82) is 0 Å². The molecule has 0 bridgehead atoms. The van der Waals surface area contributed by atoms with Crippen molar-refractivity contribution in [2.45, 2.75) is 19.4 Å². The summed E-state index contributed by atoms with van der Waals surface area (Å²) in [7, 11) is 1.61. The maximum atomic E-state index is 12.0. The van der Waals surface area contributed by atoms with Gasteiger partial charge in [-0.2, -0.15) is 0 Å². The van der Waals surface area contributed by atoms with Crippen LogP contribution in [0.2, 0.25) is 0 Å². The van der Waals surface area contributed by atoms with Gasteiger partial charge in [0.25, 0.3) is 0 Å². The van der Waals surface area contributed by atoms with Gasteiger partial charge in [-0.3, -0.25) is 0 Å². The van der Waals surface area contributed by atoms with Gasteiger partial charge in [-0.05, 0) is 36.5 Å². The molecule has 0 aromatic heterocycles. The summed E-state index contributed by atoms with van der Waals surface area (Å²) in [5.74, 6) is 3.77. The van der Waals surface area contributed by atoms with Gasteiger partial charge in [0.2, 0.25) is 0 Å². The Hall–Kier alpha value is -2.93. The van der Waals surface area contributed by atoms with Crippen molar-refractivity contribution < 1.29 is 14.3 Å². The molecule has 0 saturated carbocycles. The van der Waals surface area contributed by atoms with Crippen LogP contribution >= 0.6 is 0 Å². The average molecular weight is 321 g/mol. The Labute approximate surface area is 142 Å². The van der Waals surface area contributed by atoms with E-state index in [-0.39, 0.29) is 6.04 Å². The minimum Gasteiger partial charge on any atom is -0.495 e. The van der Waals surface area contributed by atoms with Gasteiger partial charge in [-0.25, -0.2) is 9.69 Å². The second-order valence-electron chi connectivity index (χ2n) is 5.68. The fraction of sp³-hybridized carbons (Fsp3) is 0.250. The number of methoxy groups -OCH3 is 1. The summed E-state index contributed by atoms with van der Waals surface area (Å²) < 4.78 is 10.5. The summed E-state index contributed by atoms with van der Waals surface area (Å²) in [5, 5.41) is 0. The first-order chi connectivity index (χ1) is 11.7. The van der Waals surface area contributed by atoms with E-state index in [0.29, 0.717) is 18.8 Å². The lowest BCUT2D eigenvalue weighted by Gasteiger charge is -2.14. The summed E-state index contributed by atoms with van der Waals surface area (Å²) in [6.45, 7) is 2.32. The Morgan fingerprint density at radius 2 is 2.00 bits per heavy atom. The molecule has 1 atom stereocenters. The molecule has 4 nitrogen and oxygen atoms in total. The first kappa shape index (κ1) is 15.9. The quantitative estimate of drug-likeness (QED) is 0.814. The number of rotatable bonds is 3. The van der Waals surface area contributed by atoms with E-state index in [1.54, 1.807) is 7.11 Å². The number of amides is 1. The molecule has 0 N–H and O–H groups in total. The first-order valence-corrected chi connectivity index (χ1v) is 7.84. The Morgan fingerprint density at radius 3 is 2.75 bits per heavy atom. The second kappa shape index (κ2) is 7.10. The Morgan fingerprint density at radius 1 is 1.21 bits per heavy atom. The molecular formula is C20H19NO3. The summed E-state index contributed by atoms with van der Waals surface area (Å²) in [6.07, 6.45) is 0.322. The standard InChI is InChI=1S/C20H19NO3/c1-15-7-6-10-19(23-2)18(15)11-12-21-17(14-24-20(21)22)13-16-8-4-3-5-9-16/h3-10,17H,13-14H2,1-2H3/t17-/m1/s1. The highest BCUT2D eigenvalue weighted by molar-refractivity contribution is 5.73. The van der Waals surface area contributed by atoms with Crippen LogP contribution in [-0.2, 0) is 11.2 Å². The number of ether oxygens (including phenoxy) is 2. The third kappa shape index (κ3) is 3.36. The van der Waals surface area contributed by atoms with E-state index in [2.05, 4.69) is 12.0 Å². The topological polar surface area (TPSA) is 38.8 Å². The molecule has 0 unspecified atom stereocenters. The van der Waals surface area contributed by atoms with Crippen molar-refractivity contribution in [3.8, 4) is 17.7 Å². The predicted molar refractivity (Wildman–Crippen MR) is 91.7 cm³/mol. The van der Waals surface area contributed by atoms with Gasteiger partial charge in [-0.1, -0.05) is 42.5 Å². The van der Waals surface area contributed by atoms with Crippen LogP contribution in [0.25, 0.3) is 0 Å². The van der Waals surface area contributed by atoms with E-state index in [9.17, 15) is 4.79 Å². The predicted octanol–water partition coefficient (Wildman–Crippen LogP) is 3.38. The fourth-order valence-corrected chi connectivity index (χ4v) is 2.72. The highest BCUT2D eigenvalue weighted by Gasteiger charge is 2.32. The van der Waals surface area contributed by atoms with Crippen molar-refractivity contribution in [2.75, 3.05) is 13.7 Å². The van der Waals surface area contributed by atoms with Gasteiger partial charge in [0.15, 0.2) is 0 Å². The zero-order valence-corrected chi connectivity index (χ0v) is 13.8. The number of carbonyl (C=O) groups is 1. The van der Waals surface area contributed by atoms with Crippen LogP contribution in [0.4, 0.5) is 4.79 Å². The molecule has 1 amide bonds. The van der Waals surface area contributed by atoms with Crippen molar-refractivity contribution >= 4 is 6.09 Å². The molecule has 24 heavy (non-hydrogen) atoms. The number of hydrogen-bond donors (Lipinski definition) is 0. The van der Waals surface area contributed by atoms with Gasteiger partial charge in [0.05, 0.1) is 18.7 Å². The zero-order chi connectivity index (χ0) is 16.9. The van der Waals surface area contributed by atoms with Gasteiger partial charge in [0.1, 0.15) is 12.4 Å². The molecule has 3 rings (SSSR count). The van der Waals surface area contributed by atoms with Crippen molar-refractivity contribution in [3.05, 3.63) is 65.2 Å². The Balaban J connectivity index is 1.84. The summed E-state index contributed by atoms with van der Waals surface area (Å²) >= 11 is 0. The number of nitrogens with zero attached hydrogens (tertiary/aromatic N) is 1. The van der Waals surface area contributed by atoms with E-state index in [0.717, 1.165) is 16.7 Å². The lowest BCUT2D eigenvalue weighted by molar-refractivity contribution is 0.167. The molecule has 1 aliphatic heterocycles. The van der Waals surface area contributed by atoms with E-state index in [1.807, 2.05) is 55.5 Å². The number of carbonyl (C=O) groups excluding carboxylic acids is 1. The number of hydrogen-bond acceptors (Lipinski definition) is 3. The minimum atomic E-state index is -0.393. The smallest absolute Gasteiger partial charge is 0.422 e. The molecule has 0 aliphatic carbocycles. The van der Waals surface area contributed by atoms with E-state index < -0.39 is 6.09 Å². The largest absolute Gasteiger partial charge is 0.495 e. The molecule has 2 aromatic rings. The third-order valence-electron chi connectivity index (χ3n) is 4.03. The van der Waals surface area contributed by atoms with Crippen LogP contribution in [0, 0.1) is 18.9 Å². The van der Waals surface area contributed by atoms with Crippen LogP contribution in [0.5, 0.6) is 5.75 Å². The lowest BCUT2D eigenvalue weighted by atomic mass is 10.1. The highest BCUT2D eigenvalue weighted by Crippen LogP contribution is 2.21. The summed E-state index contributed by atoms with van der Waals surface area (Å²) in [5.41, 5.74) is 2.95. The summed E-state index contributed by atoms with van der Waals surface area (Å²) in [6, 6.07) is 18.7. The second-order valence-corrected chi connectivity index (χ2v) is 5.68. The van der Waals surface area contributed by atoms with Crippen LogP contribution in [-0.4, -0.2) is 30.8 Å². The van der Waals surface area contributed by atoms with Crippen molar-refractivity contribution in [1.82, 2.24) is 4.90 Å². The molecule has 0 spiro atoms. The van der Waals surface area contributed by atoms with Crippen molar-refractivity contribution in [3.63, 3.8) is 0 Å². The van der Waals surface area contributed by atoms with Gasteiger partial charge < -0.3 is 9.47 Å². The molecule has 1 heterocycles. The monoisotopic (exact) mass is 321 g/mol. The normalized spacial score (nSPS) is 16.3. The number of cyclic esters (lactones) is 1. The van der Waals surface area contributed by atoms with Gasteiger partial charge >= 0.3 is 6.09 Å². The van der Waals surface area contributed by atoms with E-state index in [1.165, 1.54) is 4.90 Å². The number of benzene rings is 2. The van der Waals surface area contributed by atoms with Crippen LogP contribution in [0.3, 0.4) is 0 Å². The molecule has 1 saturated heterocycles. The lowest BCUT2D eigenvalue weighted by Crippen LogP contribution is -2.30. The maximum absolute atomic E-state index is 12.0. The highest BCUT2D eigenvalue weighted by atomic mass is 16.6. The minimum absolute atomic E-state index is 0.0811. The molecule has 4 heteroatoms. The van der Waals surface area contributed by atoms with E-state index in [4.69, 9.17) is 9.47 Å². The van der Waals surface area contributed by atoms with Crippen molar-refractivity contribution in [2.24, 2.45) is 0 Å². The molecular weight excluding hydrogens is 302 g/mol. The van der Waals surface area contributed by atoms with Gasteiger partial charge in [-0.15, -0.1) is 0 Å². The summed E-state index contributed by atoms with van der Waals surface area (Å²) in [4.78, 5) is 13.5. The Kier molecular flexibility index (Phi) is 4.72. The zero-order valence-electron chi connectivity index (χ0n) is 13.8. The molecule has 1 fully saturated rings. The van der Waals surface area contributed by atoms with E-state index >= 15 is 0 Å². The number of aryl methyl sites for hydroxylation is 1.